The average Bonchev–Trinajstić information content (AvgIpc) is 2.61. The lowest BCUT2D eigenvalue weighted by Gasteiger charge is -2.31. The van der Waals surface area contributed by atoms with Crippen LogP contribution in [0.5, 0.6) is 5.75 Å². The van der Waals surface area contributed by atoms with Crippen LogP contribution < -0.4 is 4.74 Å². The van der Waals surface area contributed by atoms with Crippen LogP contribution >= 0.6 is 0 Å². The zero-order valence-corrected chi connectivity index (χ0v) is 12.7. The van der Waals surface area contributed by atoms with Crippen molar-refractivity contribution >= 4 is 16.7 Å². The molecule has 1 heterocycles. The van der Waals surface area contributed by atoms with Gasteiger partial charge in [0.05, 0.1) is 6.07 Å². The van der Waals surface area contributed by atoms with E-state index < -0.39 is 11.8 Å². The van der Waals surface area contributed by atoms with Gasteiger partial charge in [-0.25, -0.2) is 4.39 Å². The Morgan fingerprint density at radius 2 is 1.71 bits per heavy atom. The molecule has 116 valence electrons. The first-order valence-electron chi connectivity index (χ1n) is 7.62. The Hall–Kier alpha value is -3.19. The van der Waals surface area contributed by atoms with Gasteiger partial charge >= 0.3 is 0 Å². The number of fused-ring (bicyclic) bond motifs is 3. The molecule has 3 nitrogen and oxygen atoms in total. The second-order valence-corrected chi connectivity index (χ2v) is 5.78. The van der Waals surface area contributed by atoms with E-state index in [2.05, 4.69) is 6.07 Å². The van der Waals surface area contributed by atoms with E-state index in [1.54, 1.807) is 18.2 Å². The maximum Gasteiger partial charge on any atom is 0.205 e. The van der Waals surface area contributed by atoms with Crippen molar-refractivity contribution in [1.82, 2.24) is 0 Å². The van der Waals surface area contributed by atoms with Crippen molar-refractivity contribution in [3.63, 3.8) is 0 Å². The number of hydrogen-bond donors (Lipinski definition) is 1. The van der Waals surface area contributed by atoms with Gasteiger partial charge in [-0.05, 0) is 17.0 Å². The normalized spacial score (nSPS) is 19.4. The fourth-order valence-corrected chi connectivity index (χ4v) is 3.33. The molecule has 2 atom stereocenters. The van der Waals surface area contributed by atoms with Gasteiger partial charge in [-0.2, -0.15) is 5.26 Å². The van der Waals surface area contributed by atoms with Crippen molar-refractivity contribution in [2.75, 3.05) is 0 Å². The lowest BCUT2D eigenvalue weighted by Crippen LogP contribution is -2.31. The number of ether oxygens (including phenoxy) is 1. The third-order valence-electron chi connectivity index (χ3n) is 4.45. The molecule has 0 fully saturated rings. The summed E-state index contributed by atoms with van der Waals surface area (Å²) in [7, 11) is 0. The summed E-state index contributed by atoms with van der Waals surface area (Å²) < 4.78 is 20.1. The van der Waals surface area contributed by atoms with Crippen LogP contribution in [0.25, 0.3) is 10.8 Å². The smallest absolute Gasteiger partial charge is 0.205 e. The largest absolute Gasteiger partial charge is 0.441 e. The Balaban J connectivity index is 2.03. The van der Waals surface area contributed by atoms with Gasteiger partial charge in [0.1, 0.15) is 17.5 Å². The molecule has 0 amide bonds. The number of rotatable bonds is 1. The third-order valence-corrected chi connectivity index (χ3v) is 4.45. The molecule has 0 aliphatic carbocycles. The van der Waals surface area contributed by atoms with Crippen LogP contribution in [0.1, 0.15) is 17.0 Å². The topological polar surface area (TPSA) is 56.9 Å². The van der Waals surface area contributed by atoms with Gasteiger partial charge in [-0.1, -0.05) is 54.6 Å². The second-order valence-electron chi connectivity index (χ2n) is 5.78. The third kappa shape index (κ3) is 2.06. The fourth-order valence-electron chi connectivity index (χ4n) is 3.33. The molecule has 0 aromatic heterocycles. The fraction of sp³-hybridized carbons (Fsp3) is 0.100. The summed E-state index contributed by atoms with van der Waals surface area (Å²) in [5.74, 6) is -1.39. The van der Waals surface area contributed by atoms with Crippen LogP contribution in [0.15, 0.2) is 60.7 Å². The summed E-state index contributed by atoms with van der Waals surface area (Å²) >= 11 is 0. The molecular weight excluding hydrogens is 303 g/mol. The minimum Gasteiger partial charge on any atom is -0.441 e. The van der Waals surface area contributed by atoms with Gasteiger partial charge in [0.25, 0.3) is 0 Å². The van der Waals surface area contributed by atoms with Crippen molar-refractivity contribution in [3.8, 4) is 11.8 Å². The molecule has 4 heteroatoms. The monoisotopic (exact) mass is 316 g/mol. The van der Waals surface area contributed by atoms with Gasteiger partial charge in [-0.3, -0.25) is 5.41 Å². The van der Waals surface area contributed by atoms with Crippen molar-refractivity contribution in [2.45, 2.75) is 5.92 Å². The molecule has 0 saturated carbocycles. The molecule has 2 unspecified atom stereocenters. The number of benzene rings is 3. The van der Waals surface area contributed by atoms with E-state index in [4.69, 9.17) is 10.1 Å². The molecule has 3 aromatic carbocycles. The average molecular weight is 316 g/mol. The molecule has 0 radical (unpaired) electrons. The van der Waals surface area contributed by atoms with Crippen LogP contribution in [0.3, 0.4) is 0 Å². The Labute approximate surface area is 138 Å². The maximum absolute atomic E-state index is 14.4. The first-order valence-corrected chi connectivity index (χ1v) is 7.62. The predicted octanol–water partition coefficient (Wildman–Crippen LogP) is 4.62. The van der Waals surface area contributed by atoms with E-state index >= 15 is 0 Å². The summed E-state index contributed by atoms with van der Waals surface area (Å²) in [5, 5.41) is 19.5. The standard InChI is InChI=1S/C20H13FN2O/c21-17-8-4-3-7-14(17)18-15-10-9-12-5-1-2-6-13(12)19(15)24-20(23)16(18)11-22/h1-10,16,18,23H. The Morgan fingerprint density at radius 1 is 0.958 bits per heavy atom. The Kier molecular flexibility index (Phi) is 3.28. The highest BCUT2D eigenvalue weighted by Gasteiger charge is 2.38. The molecule has 1 aliphatic heterocycles. The number of nitrogens with zero attached hydrogens (tertiary/aromatic N) is 1. The van der Waals surface area contributed by atoms with Gasteiger partial charge in [0, 0.05) is 16.9 Å². The van der Waals surface area contributed by atoms with Crippen LogP contribution in [0, 0.1) is 28.5 Å². The minimum absolute atomic E-state index is 0.144. The molecule has 0 spiro atoms. The predicted molar refractivity (Wildman–Crippen MR) is 89.6 cm³/mol. The van der Waals surface area contributed by atoms with Crippen LogP contribution in [-0.2, 0) is 0 Å². The van der Waals surface area contributed by atoms with Gasteiger partial charge in [0.15, 0.2) is 0 Å². The summed E-state index contributed by atoms with van der Waals surface area (Å²) in [5.41, 5.74) is 1.15. The van der Waals surface area contributed by atoms with Crippen LogP contribution in [0.4, 0.5) is 4.39 Å². The molecule has 3 aromatic rings. The maximum atomic E-state index is 14.4. The lowest BCUT2D eigenvalue weighted by molar-refractivity contribution is 0.448. The van der Waals surface area contributed by atoms with E-state index in [-0.39, 0.29) is 11.7 Å². The van der Waals surface area contributed by atoms with Crippen molar-refractivity contribution in [2.24, 2.45) is 5.92 Å². The first kappa shape index (κ1) is 14.4. The summed E-state index contributed by atoms with van der Waals surface area (Å²) in [6.45, 7) is 0. The Morgan fingerprint density at radius 3 is 2.50 bits per heavy atom. The van der Waals surface area contributed by atoms with E-state index in [0.29, 0.717) is 11.3 Å². The van der Waals surface area contributed by atoms with E-state index in [9.17, 15) is 9.65 Å². The summed E-state index contributed by atoms with van der Waals surface area (Å²) in [6.07, 6.45) is 0. The number of nitriles is 1. The van der Waals surface area contributed by atoms with Gasteiger partial charge in [0.2, 0.25) is 5.90 Å². The van der Waals surface area contributed by atoms with Crippen LogP contribution in [-0.4, -0.2) is 5.90 Å². The number of hydrogen-bond acceptors (Lipinski definition) is 3. The second kappa shape index (κ2) is 5.47. The number of nitrogens with one attached hydrogen (secondary N) is 1. The van der Waals surface area contributed by atoms with Crippen molar-refractivity contribution in [3.05, 3.63) is 77.6 Å². The highest BCUT2D eigenvalue weighted by atomic mass is 19.1. The van der Waals surface area contributed by atoms with Gasteiger partial charge < -0.3 is 4.74 Å². The van der Waals surface area contributed by atoms with Crippen molar-refractivity contribution < 1.29 is 9.13 Å². The zero-order valence-electron chi connectivity index (χ0n) is 12.7. The number of halogens is 1. The molecule has 4 rings (SSSR count). The van der Waals surface area contributed by atoms with E-state index in [0.717, 1.165) is 16.3 Å². The van der Waals surface area contributed by atoms with Crippen LogP contribution in [0.2, 0.25) is 0 Å². The highest BCUT2D eigenvalue weighted by Crippen LogP contribution is 2.45. The first-order chi connectivity index (χ1) is 11.7. The van der Waals surface area contributed by atoms with E-state index in [1.165, 1.54) is 6.07 Å². The molecule has 1 aliphatic rings. The SMILES string of the molecule is N#CC1C(=N)Oc2c(ccc3ccccc23)C1c1ccccc1F. The molecule has 0 bridgehead atoms. The van der Waals surface area contributed by atoms with Crippen molar-refractivity contribution in [1.29, 1.82) is 10.7 Å². The molecular formula is C20H13FN2O. The Bertz CT molecular complexity index is 1010. The minimum atomic E-state index is -0.851. The molecule has 1 N–H and O–H groups in total. The quantitative estimate of drug-likeness (QED) is 0.712. The summed E-state index contributed by atoms with van der Waals surface area (Å²) in [4.78, 5) is 0. The summed E-state index contributed by atoms with van der Waals surface area (Å²) in [6, 6.07) is 20.0. The molecule has 24 heavy (non-hydrogen) atoms. The van der Waals surface area contributed by atoms with Gasteiger partial charge in [-0.15, -0.1) is 0 Å². The molecule has 0 saturated heterocycles. The lowest BCUT2D eigenvalue weighted by atomic mass is 9.78. The van der Waals surface area contributed by atoms with E-state index in [1.807, 2.05) is 36.4 Å². The zero-order chi connectivity index (χ0) is 16.7. The highest BCUT2D eigenvalue weighted by molar-refractivity contribution is 5.95.